The van der Waals surface area contributed by atoms with Crippen LogP contribution in [0.4, 0.5) is 0 Å². The third-order valence-electron chi connectivity index (χ3n) is 10.1. The number of carbonyl (C=O) groups excluding carboxylic acids is 2. The van der Waals surface area contributed by atoms with Crippen LogP contribution in [0.1, 0.15) is 85.0 Å². The number of ketones is 1. The molecule has 0 aromatic rings. The minimum Gasteiger partial charge on any atom is -0.458 e. The predicted molar refractivity (Wildman–Crippen MR) is 131 cm³/mol. The number of rotatable bonds is 6. The van der Waals surface area contributed by atoms with Crippen LogP contribution in [-0.2, 0) is 14.3 Å². The number of hydrogen-bond donors (Lipinski definition) is 0. The molecule has 5 unspecified atom stereocenters. The zero-order valence-electron chi connectivity index (χ0n) is 19.5. The van der Waals surface area contributed by atoms with Crippen molar-refractivity contribution in [3.05, 3.63) is 11.6 Å². The van der Waals surface area contributed by atoms with Gasteiger partial charge in [0.15, 0.2) is 5.78 Å². The predicted octanol–water partition coefficient (Wildman–Crippen LogP) is 6.53. The maximum atomic E-state index is 12.4. The van der Waals surface area contributed by atoms with E-state index >= 15 is 0 Å². The molecule has 172 valence electrons. The summed E-state index contributed by atoms with van der Waals surface area (Å²) in [6.45, 7) is 6.79. The Labute approximate surface area is 201 Å². The van der Waals surface area contributed by atoms with Gasteiger partial charge in [-0.1, -0.05) is 35.1 Å². The lowest BCUT2D eigenvalue weighted by Gasteiger charge is -2.62. The van der Waals surface area contributed by atoms with Crippen molar-refractivity contribution in [1.29, 1.82) is 0 Å². The molecule has 0 N–H and O–H groups in total. The van der Waals surface area contributed by atoms with E-state index in [1.54, 1.807) is 0 Å². The van der Waals surface area contributed by atoms with E-state index in [0.717, 1.165) is 48.9 Å². The lowest BCUT2D eigenvalue weighted by molar-refractivity contribution is -0.199. The average molecular weight is 539 g/mol. The van der Waals surface area contributed by atoms with Gasteiger partial charge >= 0.3 is 5.97 Å². The molecular weight excluding hydrogens is 499 g/mol. The molecule has 4 fully saturated rings. The molecule has 5 aliphatic rings. The minimum absolute atomic E-state index is 0.0616. The maximum Gasteiger partial charge on any atom is 0.316 e. The standard InChI is InChI=1S/C27H39IO3/c1-4-27(26(2,3)31-23(30)15-28)12-11-21-20-10-9-19(29)13-18(20)14-22(16-5-6-16)24(21)25(27)17-7-8-17/h13,16-17,20-22,24-25H,4-12,14-15H2,1-3H3/t20?,21?,22?,24?,25?,27-/m0/s1. The SMILES string of the molecule is CC[C@]1(C(C)(C)OC(=O)CI)CCC2C3CCC(=O)C=C3CC(C3CC3)C2C1C1CC1. The fourth-order valence-corrected chi connectivity index (χ4v) is 8.78. The normalized spacial score (nSPS) is 40.6. The Morgan fingerprint density at radius 2 is 1.84 bits per heavy atom. The van der Waals surface area contributed by atoms with Crippen LogP contribution in [0.15, 0.2) is 11.6 Å². The Balaban J connectivity index is 1.55. The van der Waals surface area contributed by atoms with Crippen molar-refractivity contribution in [1.82, 2.24) is 0 Å². The Morgan fingerprint density at radius 3 is 2.45 bits per heavy atom. The first-order chi connectivity index (χ1) is 14.8. The fraction of sp³-hybridized carbons (Fsp3) is 0.852. The molecule has 0 spiro atoms. The van der Waals surface area contributed by atoms with Gasteiger partial charge in [0.05, 0.1) is 4.43 Å². The van der Waals surface area contributed by atoms with E-state index in [0.29, 0.717) is 22.0 Å². The number of fused-ring (bicyclic) bond motifs is 3. The first-order valence-corrected chi connectivity index (χ1v) is 14.3. The highest BCUT2D eigenvalue weighted by atomic mass is 127. The van der Waals surface area contributed by atoms with Gasteiger partial charge in [0, 0.05) is 11.8 Å². The van der Waals surface area contributed by atoms with Crippen molar-refractivity contribution in [2.45, 2.75) is 90.6 Å². The van der Waals surface area contributed by atoms with Crippen LogP contribution >= 0.6 is 22.6 Å². The molecule has 0 bridgehead atoms. The van der Waals surface area contributed by atoms with E-state index in [2.05, 4.69) is 49.4 Å². The molecule has 0 saturated heterocycles. The average Bonchev–Trinajstić information content (AvgIpc) is 3.64. The van der Waals surface area contributed by atoms with Gasteiger partial charge in [-0.3, -0.25) is 9.59 Å². The van der Waals surface area contributed by atoms with Crippen LogP contribution in [0.2, 0.25) is 0 Å². The first kappa shape index (κ1) is 22.4. The van der Waals surface area contributed by atoms with E-state index in [9.17, 15) is 9.59 Å². The van der Waals surface area contributed by atoms with Gasteiger partial charge in [0.2, 0.25) is 0 Å². The molecule has 5 rings (SSSR count). The maximum absolute atomic E-state index is 12.4. The Bertz CT molecular complexity index is 777. The van der Waals surface area contributed by atoms with Gasteiger partial charge in [-0.25, -0.2) is 0 Å². The van der Waals surface area contributed by atoms with E-state index < -0.39 is 5.60 Å². The monoisotopic (exact) mass is 538 g/mol. The largest absolute Gasteiger partial charge is 0.458 e. The molecule has 0 radical (unpaired) electrons. The molecule has 4 heteroatoms. The quantitative estimate of drug-likeness (QED) is 0.220. The Kier molecular flexibility index (Phi) is 5.87. The van der Waals surface area contributed by atoms with E-state index in [1.807, 2.05) is 0 Å². The molecule has 31 heavy (non-hydrogen) atoms. The lowest BCUT2D eigenvalue weighted by Crippen LogP contribution is -2.60. The van der Waals surface area contributed by atoms with Crippen molar-refractivity contribution in [3.8, 4) is 0 Å². The summed E-state index contributed by atoms with van der Waals surface area (Å²) in [7, 11) is 0. The summed E-state index contributed by atoms with van der Waals surface area (Å²) >= 11 is 2.14. The second-order valence-electron chi connectivity index (χ2n) is 11.8. The number of hydrogen-bond acceptors (Lipinski definition) is 3. The van der Waals surface area contributed by atoms with Gasteiger partial charge in [-0.05, 0) is 119 Å². The van der Waals surface area contributed by atoms with Gasteiger partial charge in [0.25, 0.3) is 0 Å². The van der Waals surface area contributed by atoms with Crippen LogP contribution in [-0.4, -0.2) is 21.8 Å². The summed E-state index contributed by atoms with van der Waals surface area (Å²) in [5.41, 5.74) is 1.16. The summed E-state index contributed by atoms with van der Waals surface area (Å²) in [4.78, 5) is 24.7. The molecule has 0 aromatic carbocycles. The highest BCUT2D eigenvalue weighted by molar-refractivity contribution is 14.1. The highest BCUT2D eigenvalue weighted by Gasteiger charge is 2.64. The Morgan fingerprint density at radius 1 is 1.13 bits per heavy atom. The van der Waals surface area contributed by atoms with E-state index in [4.69, 9.17) is 4.74 Å². The molecule has 5 aliphatic carbocycles. The molecule has 0 heterocycles. The molecule has 0 aromatic heterocycles. The molecular formula is C27H39IO3. The Hall–Kier alpha value is -0.390. The first-order valence-electron chi connectivity index (χ1n) is 12.8. The number of esters is 1. The molecule has 0 aliphatic heterocycles. The van der Waals surface area contributed by atoms with Gasteiger partial charge in [0.1, 0.15) is 5.60 Å². The summed E-state index contributed by atoms with van der Waals surface area (Å²) in [5.74, 6) is 5.50. The van der Waals surface area contributed by atoms with Crippen LogP contribution in [0.5, 0.6) is 0 Å². The molecule has 3 nitrogen and oxygen atoms in total. The minimum atomic E-state index is -0.422. The van der Waals surface area contributed by atoms with Crippen LogP contribution in [0.3, 0.4) is 0 Å². The van der Waals surface area contributed by atoms with Gasteiger partial charge < -0.3 is 4.74 Å². The summed E-state index contributed by atoms with van der Waals surface area (Å²) in [6, 6.07) is 0. The number of carbonyl (C=O) groups is 2. The van der Waals surface area contributed by atoms with Crippen molar-refractivity contribution in [2.75, 3.05) is 4.43 Å². The molecule has 6 atom stereocenters. The molecule has 4 saturated carbocycles. The van der Waals surface area contributed by atoms with Crippen molar-refractivity contribution < 1.29 is 14.3 Å². The zero-order chi connectivity index (χ0) is 22.0. The fourth-order valence-electron chi connectivity index (χ4n) is 8.63. The van der Waals surface area contributed by atoms with Crippen molar-refractivity contribution >= 4 is 34.3 Å². The van der Waals surface area contributed by atoms with Gasteiger partial charge in [-0.2, -0.15) is 0 Å². The van der Waals surface area contributed by atoms with Crippen LogP contribution < -0.4 is 0 Å². The summed E-state index contributed by atoms with van der Waals surface area (Å²) < 4.78 is 6.66. The summed E-state index contributed by atoms with van der Waals surface area (Å²) in [5, 5.41) is 0. The van der Waals surface area contributed by atoms with E-state index in [-0.39, 0.29) is 11.4 Å². The number of halogens is 1. The number of alkyl halides is 1. The zero-order valence-corrected chi connectivity index (χ0v) is 21.7. The second kappa shape index (κ2) is 8.13. The van der Waals surface area contributed by atoms with Crippen LogP contribution in [0, 0.1) is 46.8 Å². The third-order valence-corrected chi connectivity index (χ3v) is 10.8. The second-order valence-corrected chi connectivity index (χ2v) is 12.6. The van der Waals surface area contributed by atoms with E-state index in [1.165, 1.54) is 50.5 Å². The van der Waals surface area contributed by atoms with Crippen molar-refractivity contribution in [2.24, 2.45) is 46.8 Å². The summed E-state index contributed by atoms with van der Waals surface area (Å²) in [6.07, 6.45) is 14.0. The van der Waals surface area contributed by atoms with Gasteiger partial charge in [-0.15, -0.1) is 0 Å². The van der Waals surface area contributed by atoms with Crippen molar-refractivity contribution in [3.63, 3.8) is 0 Å². The number of allylic oxidation sites excluding steroid dienone is 2. The van der Waals surface area contributed by atoms with Crippen LogP contribution in [0.25, 0.3) is 0 Å². The smallest absolute Gasteiger partial charge is 0.316 e. The molecule has 0 amide bonds. The lowest BCUT2D eigenvalue weighted by atomic mass is 9.43. The third kappa shape index (κ3) is 3.75. The number of ether oxygens (including phenoxy) is 1. The topological polar surface area (TPSA) is 43.4 Å². The highest BCUT2D eigenvalue weighted by Crippen LogP contribution is 2.69.